The summed E-state index contributed by atoms with van der Waals surface area (Å²) in [7, 11) is 4.02. The number of aromatic hydroxyl groups is 1. The lowest BCUT2D eigenvalue weighted by atomic mass is 9.92. The van der Waals surface area contributed by atoms with Gasteiger partial charge < -0.3 is 19.9 Å². The van der Waals surface area contributed by atoms with Crippen LogP contribution in [0.5, 0.6) is 5.75 Å². The van der Waals surface area contributed by atoms with Crippen LogP contribution < -0.4 is 9.80 Å². The number of halogens is 1. The van der Waals surface area contributed by atoms with Gasteiger partial charge >= 0.3 is 0 Å². The third-order valence-electron chi connectivity index (χ3n) is 7.29. The van der Waals surface area contributed by atoms with Crippen LogP contribution in [0, 0.1) is 6.92 Å². The normalized spacial score (nSPS) is 14.9. The summed E-state index contributed by atoms with van der Waals surface area (Å²) in [5, 5.41) is 12.6. The second-order valence-electron chi connectivity index (χ2n) is 9.85. The monoisotopic (exact) mass is 510 g/mol. The molecule has 1 aromatic heterocycles. The average Bonchev–Trinajstić information content (AvgIpc) is 3.49. The highest BCUT2D eigenvalue weighted by molar-refractivity contribution is 6.19. The van der Waals surface area contributed by atoms with Crippen LogP contribution in [0.2, 0.25) is 0 Å². The topological polar surface area (TPSA) is 72.5 Å². The van der Waals surface area contributed by atoms with Crippen LogP contribution in [-0.4, -0.2) is 47.5 Å². The Hall–Kier alpha value is -4.03. The van der Waals surface area contributed by atoms with E-state index in [1.54, 1.807) is 11.0 Å². The van der Waals surface area contributed by atoms with Crippen molar-refractivity contribution in [2.75, 3.05) is 36.3 Å². The highest BCUT2D eigenvalue weighted by Crippen LogP contribution is 2.46. The Morgan fingerprint density at radius 3 is 2.65 bits per heavy atom. The van der Waals surface area contributed by atoms with Crippen LogP contribution in [0.3, 0.4) is 0 Å². The van der Waals surface area contributed by atoms with Gasteiger partial charge in [0.15, 0.2) is 0 Å². The second kappa shape index (κ2) is 8.82. The summed E-state index contributed by atoms with van der Waals surface area (Å²) >= 11 is 6.39. The number of amides is 1. The third kappa shape index (κ3) is 3.80. The minimum Gasteiger partial charge on any atom is -0.507 e. The van der Waals surface area contributed by atoms with Gasteiger partial charge in [-0.2, -0.15) is 0 Å². The Balaban J connectivity index is 1.38. The van der Waals surface area contributed by atoms with E-state index in [-0.39, 0.29) is 17.6 Å². The number of hydrogen-bond donors (Lipinski definition) is 2. The standard InChI is InChI=1S/C30H27ClN4O2/c1-17-5-4-6-22-26(36)14-25-28(27(17)22)20(15-31)16-35(25)30(37)19-9-12-23-24(13-19)33-29(32-23)18-7-10-21(11-8-18)34(2)3/h4-14,20,36H,15-16H2,1-3H3,(H,32,33)/t20-/m1/s1. The van der Waals surface area contributed by atoms with Gasteiger partial charge in [0.05, 0.1) is 16.7 Å². The molecule has 6 nitrogen and oxygen atoms in total. The number of imidazole rings is 1. The van der Waals surface area contributed by atoms with E-state index in [1.165, 1.54) is 0 Å². The first-order valence-electron chi connectivity index (χ1n) is 12.3. The third-order valence-corrected chi connectivity index (χ3v) is 7.66. The van der Waals surface area contributed by atoms with Gasteiger partial charge in [-0.25, -0.2) is 4.98 Å². The Morgan fingerprint density at radius 1 is 1.14 bits per heavy atom. The van der Waals surface area contributed by atoms with Crippen molar-refractivity contribution in [3.63, 3.8) is 0 Å². The summed E-state index contributed by atoms with van der Waals surface area (Å²) in [4.78, 5) is 25.7. The van der Waals surface area contributed by atoms with Crippen molar-refractivity contribution < 1.29 is 9.90 Å². The maximum Gasteiger partial charge on any atom is 0.258 e. The van der Waals surface area contributed by atoms with Crippen molar-refractivity contribution in [3.05, 3.63) is 83.4 Å². The van der Waals surface area contributed by atoms with Crippen molar-refractivity contribution >= 4 is 50.7 Å². The number of aryl methyl sites for hydroxylation is 1. The molecule has 0 bridgehead atoms. The number of phenols is 1. The van der Waals surface area contributed by atoms with Crippen LogP contribution in [-0.2, 0) is 0 Å². The average molecular weight is 511 g/mol. The molecule has 0 aliphatic carbocycles. The molecule has 0 spiro atoms. The number of hydrogen-bond acceptors (Lipinski definition) is 4. The van der Waals surface area contributed by atoms with Crippen molar-refractivity contribution in [1.82, 2.24) is 9.97 Å². The molecule has 1 amide bonds. The molecule has 0 fully saturated rings. The molecule has 1 aliphatic heterocycles. The molecule has 0 saturated carbocycles. The van der Waals surface area contributed by atoms with Gasteiger partial charge in [0.2, 0.25) is 0 Å². The predicted octanol–water partition coefficient (Wildman–Crippen LogP) is 6.45. The fourth-order valence-corrected chi connectivity index (χ4v) is 5.62. The van der Waals surface area contributed by atoms with Gasteiger partial charge in [-0.1, -0.05) is 18.2 Å². The Morgan fingerprint density at radius 2 is 1.92 bits per heavy atom. The number of benzene rings is 4. The highest BCUT2D eigenvalue weighted by Gasteiger charge is 2.35. The Labute approximate surface area is 220 Å². The second-order valence-corrected chi connectivity index (χ2v) is 10.2. The minimum absolute atomic E-state index is 0.0179. The molecule has 2 heterocycles. The number of rotatable bonds is 4. The van der Waals surface area contributed by atoms with E-state index in [2.05, 4.69) is 22.0 Å². The summed E-state index contributed by atoms with van der Waals surface area (Å²) in [5.41, 5.74) is 7.02. The van der Waals surface area contributed by atoms with Crippen LogP contribution in [0.1, 0.15) is 27.4 Å². The molecule has 1 atom stereocenters. The van der Waals surface area contributed by atoms with Crippen molar-refractivity contribution in [2.45, 2.75) is 12.8 Å². The highest BCUT2D eigenvalue weighted by atomic mass is 35.5. The number of nitrogens with zero attached hydrogens (tertiary/aromatic N) is 3. The van der Waals surface area contributed by atoms with Crippen LogP contribution >= 0.6 is 11.6 Å². The molecular weight excluding hydrogens is 484 g/mol. The van der Waals surface area contributed by atoms with E-state index in [4.69, 9.17) is 16.6 Å². The van der Waals surface area contributed by atoms with Crippen molar-refractivity contribution in [2.24, 2.45) is 0 Å². The summed E-state index contributed by atoms with van der Waals surface area (Å²) in [6.07, 6.45) is 0. The number of fused-ring (bicyclic) bond motifs is 4. The number of anilines is 2. The molecule has 4 aromatic carbocycles. The van der Waals surface area contributed by atoms with E-state index < -0.39 is 0 Å². The van der Waals surface area contributed by atoms with Crippen molar-refractivity contribution in [3.8, 4) is 17.1 Å². The maximum absolute atomic E-state index is 13.8. The van der Waals surface area contributed by atoms with E-state index in [9.17, 15) is 9.90 Å². The molecule has 0 saturated heterocycles. The lowest BCUT2D eigenvalue weighted by Crippen LogP contribution is -2.30. The zero-order valence-electron chi connectivity index (χ0n) is 20.9. The number of aromatic nitrogens is 2. The summed E-state index contributed by atoms with van der Waals surface area (Å²) in [6, 6.07) is 21.3. The van der Waals surface area contributed by atoms with Crippen molar-refractivity contribution in [1.29, 1.82) is 0 Å². The quantitative estimate of drug-likeness (QED) is 0.273. The number of carbonyl (C=O) groups excluding carboxylic acids is 1. The van der Waals surface area contributed by atoms with Gasteiger partial charge in [0.25, 0.3) is 5.91 Å². The van der Waals surface area contributed by atoms with Gasteiger partial charge in [0, 0.05) is 60.7 Å². The molecule has 0 radical (unpaired) electrons. The molecule has 2 N–H and O–H groups in total. The van der Waals surface area contributed by atoms with E-state index >= 15 is 0 Å². The van der Waals surface area contributed by atoms with E-state index in [1.807, 2.05) is 69.6 Å². The molecule has 1 aliphatic rings. The molecule has 37 heavy (non-hydrogen) atoms. The maximum atomic E-state index is 13.8. The first kappa shape index (κ1) is 23.4. The number of nitrogens with one attached hydrogen (secondary N) is 1. The SMILES string of the molecule is Cc1cccc2c(O)cc3c(c12)[C@H](CCl)CN3C(=O)c1ccc2[nH]c(-c3ccc(N(C)C)cc3)nc2c1. The minimum atomic E-state index is -0.136. The van der Waals surface area contributed by atoms with Gasteiger partial charge in [-0.3, -0.25) is 4.79 Å². The van der Waals surface area contributed by atoms with E-state index in [0.29, 0.717) is 18.0 Å². The number of carbonyl (C=O) groups is 1. The zero-order chi connectivity index (χ0) is 25.8. The smallest absolute Gasteiger partial charge is 0.258 e. The molecule has 7 heteroatoms. The van der Waals surface area contributed by atoms with Crippen LogP contribution in [0.15, 0.2) is 66.7 Å². The fraction of sp³-hybridized carbons (Fsp3) is 0.200. The van der Waals surface area contributed by atoms with Gasteiger partial charge in [-0.05, 0) is 65.9 Å². The molecular formula is C30H27ClN4O2. The Kier molecular flexibility index (Phi) is 5.57. The first-order valence-corrected chi connectivity index (χ1v) is 12.8. The summed E-state index contributed by atoms with van der Waals surface area (Å²) < 4.78 is 0. The number of aromatic amines is 1. The summed E-state index contributed by atoms with van der Waals surface area (Å²) in [6.45, 7) is 2.49. The largest absolute Gasteiger partial charge is 0.507 e. The lowest BCUT2D eigenvalue weighted by Gasteiger charge is -2.19. The molecule has 186 valence electrons. The van der Waals surface area contributed by atoms with Gasteiger partial charge in [0.1, 0.15) is 11.6 Å². The van der Waals surface area contributed by atoms with Crippen LogP contribution in [0.4, 0.5) is 11.4 Å². The Bertz CT molecular complexity index is 1670. The zero-order valence-corrected chi connectivity index (χ0v) is 21.7. The molecule has 0 unspecified atom stereocenters. The predicted molar refractivity (Wildman–Crippen MR) is 151 cm³/mol. The molecule has 5 aromatic rings. The summed E-state index contributed by atoms with van der Waals surface area (Å²) in [5.74, 6) is 1.15. The lowest BCUT2D eigenvalue weighted by molar-refractivity contribution is 0.0988. The van der Waals surface area contributed by atoms with Gasteiger partial charge in [-0.15, -0.1) is 11.6 Å². The number of alkyl halides is 1. The fourth-order valence-electron chi connectivity index (χ4n) is 5.37. The van der Waals surface area contributed by atoms with Crippen LogP contribution in [0.25, 0.3) is 33.2 Å². The number of phenolic OH excluding ortho intramolecular Hbond substituents is 1. The molecule has 6 rings (SSSR count). The first-order chi connectivity index (χ1) is 17.9. The van der Waals surface area contributed by atoms with E-state index in [0.717, 1.165) is 55.7 Å². The number of H-pyrrole nitrogens is 1.